The number of hydrogen-bond acceptors (Lipinski definition) is 2. The highest BCUT2D eigenvalue weighted by molar-refractivity contribution is 7.99. The number of nitrogens with one attached hydrogen (secondary N) is 1. The molecule has 0 bridgehead atoms. The number of benzene rings is 1. The maximum atomic E-state index is 3.80. The minimum absolute atomic E-state index is 0.609. The molecule has 0 aromatic heterocycles. The molecule has 1 atom stereocenters. The van der Waals surface area contributed by atoms with Crippen LogP contribution in [0.25, 0.3) is 0 Å². The second-order valence-electron chi connectivity index (χ2n) is 5.58. The van der Waals surface area contributed by atoms with Gasteiger partial charge in [0.05, 0.1) is 0 Å². The fraction of sp³-hybridized carbons (Fsp3) is 0.600. The van der Waals surface area contributed by atoms with E-state index in [4.69, 9.17) is 0 Å². The fourth-order valence-electron chi connectivity index (χ4n) is 2.48. The van der Waals surface area contributed by atoms with Gasteiger partial charge >= 0.3 is 0 Å². The van der Waals surface area contributed by atoms with Crippen molar-refractivity contribution in [3.8, 4) is 0 Å². The Morgan fingerprint density at radius 2 is 2.06 bits per heavy atom. The predicted octanol–water partition coefficient (Wildman–Crippen LogP) is 4.10. The molecule has 1 fully saturated rings. The number of hydrogen-bond donors (Lipinski definition) is 1. The van der Waals surface area contributed by atoms with E-state index in [1.165, 1.54) is 35.5 Å². The molecule has 1 N–H and O–H groups in total. The third kappa shape index (κ3) is 2.53. The van der Waals surface area contributed by atoms with E-state index in [1.54, 1.807) is 5.56 Å². The van der Waals surface area contributed by atoms with E-state index >= 15 is 0 Å². The molecule has 0 amide bonds. The van der Waals surface area contributed by atoms with Gasteiger partial charge in [-0.15, -0.1) is 11.8 Å². The van der Waals surface area contributed by atoms with Crippen molar-refractivity contribution in [3.05, 3.63) is 29.3 Å². The average Bonchev–Trinajstić information content (AvgIpc) is 3.13. The lowest BCUT2D eigenvalue weighted by atomic mass is 9.96. The van der Waals surface area contributed by atoms with Crippen LogP contribution in [0.4, 0.5) is 0 Å². The van der Waals surface area contributed by atoms with Crippen LogP contribution in [-0.4, -0.2) is 11.8 Å². The average molecular weight is 247 g/mol. The Hall–Kier alpha value is -0.470. The molecule has 2 heteroatoms. The highest BCUT2D eigenvalue weighted by Crippen LogP contribution is 2.39. The highest BCUT2D eigenvalue weighted by Gasteiger charge is 2.28. The van der Waals surface area contributed by atoms with Gasteiger partial charge in [-0.3, -0.25) is 0 Å². The topological polar surface area (TPSA) is 12.0 Å². The van der Waals surface area contributed by atoms with Gasteiger partial charge in [-0.05, 0) is 48.1 Å². The van der Waals surface area contributed by atoms with Crippen molar-refractivity contribution in [1.29, 1.82) is 0 Å². The van der Waals surface area contributed by atoms with E-state index in [0.29, 0.717) is 12.0 Å². The van der Waals surface area contributed by atoms with Gasteiger partial charge in [0.25, 0.3) is 0 Å². The molecule has 2 aliphatic rings. The second-order valence-corrected chi connectivity index (χ2v) is 6.72. The second kappa shape index (κ2) is 4.66. The summed E-state index contributed by atoms with van der Waals surface area (Å²) in [5.74, 6) is 1.90. The van der Waals surface area contributed by atoms with Gasteiger partial charge in [0.1, 0.15) is 0 Å². The monoisotopic (exact) mass is 247 g/mol. The molecule has 0 spiro atoms. The zero-order valence-electron chi connectivity index (χ0n) is 10.7. The van der Waals surface area contributed by atoms with Gasteiger partial charge in [-0.25, -0.2) is 0 Å². The normalized spacial score (nSPS) is 23.8. The van der Waals surface area contributed by atoms with E-state index in [-0.39, 0.29) is 0 Å². The summed E-state index contributed by atoms with van der Waals surface area (Å²) < 4.78 is 0. The molecular weight excluding hydrogens is 226 g/mol. The van der Waals surface area contributed by atoms with Crippen LogP contribution < -0.4 is 5.32 Å². The molecule has 1 unspecified atom stereocenters. The van der Waals surface area contributed by atoms with E-state index in [1.807, 2.05) is 11.8 Å². The largest absolute Gasteiger partial charge is 0.307 e. The maximum Gasteiger partial charge on any atom is 0.0341 e. The molecule has 0 saturated heterocycles. The Bertz CT molecular complexity index is 409. The molecule has 1 aromatic rings. The molecule has 1 aliphatic carbocycles. The standard InChI is InChI=1S/C15H21NS/c1-10(2)11-3-6-15-13(9-11)14(7-8-17-15)16-12-4-5-12/h3,6,9-10,12,14,16H,4-5,7-8H2,1-2H3. The van der Waals surface area contributed by atoms with Crippen LogP contribution in [0, 0.1) is 0 Å². The summed E-state index contributed by atoms with van der Waals surface area (Å²) in [6.45, 7) is 4.56. The van der Waals surface area contributed by atoms with Crippen molar-refractivity contribution >= 4 is 11.8 Å². The first-order valence-electron chi connectivity index (χ1n) is 6.76. The third-order valence-corrected chi connectivity index (χ3v) is 4.88. The Morgan fingerprint density at radius 3 is 2.76 bits per heavy atom. The molecule has 1 nitrogen and oxygen atoms in total. The van der Waals surface area contributed by atoms with Crippen LogP contribution in [0.15, 0.2) is 23.1 Å². The van der Waals surface area contributed by atoms with Crippen molar-refractivity contribution < 1.29 is 0 Å². The van der Waals surface area contributed by atoms with Crippen molar-refractivity contribution in [1.82, 2.24) is 5.32 Å². The Balaban J connectivity index is 1.89. The minimum atomic E-state index is 0.609. The number of fused-ring (bicyclic) bond motifs is 1. The summed E-state index contributed by atoms with van der Waals surface area (Å²) in [7, 11) is 0. The fourth-order valence-corrected chi connectivity index (χ4v) is 3.59. The third-order valence-electron chi connectivity index (χ3n) is 3.75. The van der Waals surface area contributed by atoms with Crippen LogP contribution in [-0.2, 0) is 0 Å². The first-order valence-corrected chi connectivity index (χ1v) is 7.75. The van der Waals surface area contributed by atoms with Crippen LogP contribution in [0.1, 0.15) is 56.2 Å². The SMILES string of the molecule is CC(C)c1ccc2c(c1)C(NC1CC1)CCS2. The number of thioether (sulfide) groups is 1. The predicted molar refractivity (Wildman–Crippen MR) is 74.8 cm³/mol. The Morgan fingerprint density at radius 1 is 1.24 bits per heavy atom. The zero-order valence-corrected chi connectivity index (χ0v) is 11.5. The summed E-state index contributed by atoms with van der Waals surface area (Å²) in [6.07, 6.45) is 4.04. The molecule has 3 rings (SSSR count). The van der Waals surface area contributed by atoms with Crippen molar-refractivity contribution in [2.75, 3.05) is 5.75 Å². The molecule has 1 saturated carbocycles. The number of rotatable bonds is 3. The summed E-state index contributed by atoms with van der Waals surface area (Å²) in [6, 6.07) is 8.48. The quantitative estimate of drug-likeness (QED) is 0.863. The Kier molecular flexibility index (Phi) is 3.18. The lowest BCUT2D eigenvalue weighted by Crippen LogP contribution is -2.26. The van der Waals surface area contributed by atoms with E-state index in [0.717, 1.165) is 6.04 Å². The smallest absolute Gasteiger partial charge is 0.0341 e. The van der Waals surface area contributed by atoms with Crippen LogP contribution in [0.3, 0.4) is 0 Å². The molecule has 0 radical (unpaired) electrons. The van der Waals surface area contributed by atoms with Gasteiger partial charge < -0.3 is 5.32 Å². The Labute approximate surface area is 108 Å². The molecule has 17 heavy (non-hydrogen) atoms. The summed E-state index contributed by atoms with van der Waals surface area (Å²) in [5.41, 5.74) is 3.04. The highest BCUT2D eigenvalue weighted by atomic mass is 32.2. The molecule has 1 aromatic carbocycles. The summed E-state index contributed by atoms with van der Waals surface area (Å²) >= 11 is 2.02. The summed E-state index contributed by atoms with van der Waals surface area (Å²) in [5, 5.41) is 3.80. The van der Waals surface area contributed by atoms with E-state index in [2.05, 4.69) is 37.4 Å². The maximum absolute atomic E-state index is 3.80. The van der Waals surface area contributed by atoms with Crippen molar-refractivity contribution in [3.63, 3.8) is 0 Å². The van der Waals surface area contributed by atoms with Crippen LogP contribution in [0.2, 0.25) is 0 Å². The van der Waals surface area contributed by atoms with Gasteiger partial charge in [0, 0.05) is 17.0 Å². The van der Waals surface area contributed by atoms with Gasteiger partial charge in [0.2, 0.25) is 0 Å². The van der Waals surface area contributed by atoms with Crippen molar-refractivity contribution in [2.24, 2.45) is 0 Å². The lowest BCUT2D eigenvalue weighted by molar-refractivity contribution is 0.506. The summed E-state index contributed by atoms with van der Waals surface area (Å²) in [4.78, 5) is 1.50. The first-order chi connectivity index (χ1) is 8.24. The van der Waals surface area contributed by atoms with Crippen LogP contribution in [0.5, 0.6) is 0 Å². The van der Waals surface area contributed by atoms with Gasteiger partial charge in [-0.1, -0.05) is 26.0 Å². The van der Waals surface area contributed by atoms with Gasteiger partial charge in [0.15, 0.2) is 0 Å². The molecule has 1 aliphatic heterocycles. The lowest BCUT2D eigenvalue weighted by Gasteiger charge is -2.27. The molecule has 92 valence electrons. The van der Waals surface area contributed by atoms with E-state index in [9.17, 15) is 0 Å². The molecular formula is C15H21NS. The minimum Gasteiger partial charge on any atom is -0.307 e. The molecule has 1 heterocycles. The van der Waals surface area contributed by atoms with Gasteiger partial charge in [-0.2, -0.15) is 0 Å². The van der Waals surface area contributed by atoms with Crippen LogP contribution >= 0.6 is 11.8 Å². The first kappa shape index (κ1) is 11.6. The van der Waals surface area contributed by atoms with Crippen molar-refractivity contribution in [2.45, 2.75) is 56.0 Å². The van der Waals surface area contributed by atoms with E-state index < -0.39 is 0 Å². The zero-order chi connectivity index (χ0) is 11.8.